The monoisotopic (exact) mass is 522 g/mol. The van der Waals surface area contributed by atoms with Gasteiger partial charge in [-0.05, 0) is 49.1 Å². The van der Waals surface area contributed by atoms with Gasteiger partial charge in [0.25, 0.3) is 11.6 Å². The van der Waals surface area contributed by atoms with E-state index in [4.69, 9.17) is 0 Å². The van der Waals surface area contributed by atoms with Gasteiger partial charge in [0.15, 0.2) is 5.78 Å². The molecule has 7 rings (SSSR count). The van der Waals surface area contributed by atoms with E-state index >= 15 is 0 Å². The Kier molecular flexibility index (Phi) is 4.91. The van der Waals surface area contributed by atoms with Crippen LogP contribution in [-0.4, -0.2) is 40.0 Å². The summed E-state index contributed by atoms with van der Waals surface area (Å²) in [6.45, 7) is 2.58. The van der Waals surface area contributed by atoms with Gasteiger partial charge in [-0.2, -0.15) is 0 Å². The largest absolute Gasteiger partial charge is 0.325 e. The Labute approximate surface area is 224 Å². The first-order valence-electron chi connectivity index (χ1n) is 13.3. The van der Waals surface area contributed by atoms with Crippen LogP contribution in [0.25, 0.3) is 0 Å². The van der Waals surface area contributed by atoms with Crippen LogP contribution in [0.5, 0.6) is 0 Å². The fraction of sp³-hybridized carbons (Fsp3) is 0.300. The number of Topliss-reactive ketones (excluding diaryl/α,β-unsaturated/α-hetero) is 1. The van der Waals surface area contributed by atoms with Crippen LogP contribution < -0.4 is 10.6 Å². The smallest absolute Gasteiger partial charge is 0.270 e. The molecule has 0 radical (unpaired) electrons. The lowest BCUT2D eigenvalue weighted by Crippen LogP contribution is -2.62. The van der Waals surface area contributed by atoms with Crippen molar-refractivity contribution in [3.63, 3.8) is 0 Å². The maximum atomic E-state index is 14.6. The van der Waals surface area contributed by atoms with Crippen LogP contribution in [0.2, 0.25) is 0 Å². The SMILES string of the molecule is CCc1ccc2c(c1)[C@]1(C(=O)N2)N2CCC[C@@H]2[C@H](C(=O)c2cccc([N+](=O)[O-])c2)[C@@]12C(=O)Nc1ccccc12. The van der Waals surface area contributed by atoms with Crippen molar-refractivity contribution in [1.29, 1.82) is 0 Å². The molecule has 2 amide bonds. The minimum atomic E-state index is -1.57. The number of carbonyl (C=O) groups excluding carboxylic acids is 3. The highest BCUT2D eigenvalue weighted by molar-refractivity contribution is 6.21. The number of nitrogens with zero attached hydrogens (tertiary/aromatic N) is 2. The Hall–Kier alpha value is -4.37. The van der Waals surface area contributed by atoms with Gasteiger partial charge in [0, 0.05) is 40.7 Å². The summed E-state index contributed by atoms with van der Waals surface area (Å²) < 4.78 is 0. The Bertz CT molecular complexity index is 1620. The number of nitro benzene ring substituents is 1. The van der Waals surface area contributed by atoms with E-state index in [0.29, 0.717) is 35.5 Å². The second-order valence-corrected chi connectivity index (χ2v) is 10.8. The molecule has 3 aromatic carbocycles. The molecule has 4 atom stereocenters. The molecule has 39 heavy (non-hydrogen) atoms. The highest BCUT2D eigenvalue weighted by Gasteiger charge is 2.81. The van der Waals surface area contributed by atoms with Crippen molar-refractivity contribution >= 4 is 34.7 Å². The highest BCUT2D eigenvalue weighted by Crippen LogP contribution is 2.67. The summed E-state index contributed by atoms with van der Waals surface area (Å²) in [6.07, 6.45) is 2.13. The van der Waals surface area contributed by atoms with Crippen molar-refractivity contribution in [1.82, 2.24) is 4.90 Å². The quantitative estimate of drug-likeness (QED) is 0.301. The number of benzene rings is 3. The van der Waals surface area contributed by atoms with Gasteiger partial charge in [0.1, 0.15) is 11.0 Å². The lowest BCUT2D eigenvalue weighted by atomic mass is 9.57. The predicted molar refractivity (Wildman–Crippen MR) is 144 cm³/mol. The molecule has 0 bridgehead atoms. The summed E-state index contributed by atoms with van der Waals surface area (Å²) in [5.74, 6) is -2.02. The molecule has 0 aliphatic carbocycles. The minimum absolute atomic E-state index is 0.163. The lowest BCUT2D eigenvalue weighted by Gasteiger charge is -2.43. The zero-order valence-corrected chi connectivity index (χ0v) is 21.3. The van der Waals surface area contributed by atoms with Crippen LogP contribution in [0.1, 0.15) is 46.8 Å². The number of hydrogen-bond acceptors (Lipinski definition) is 6. The lowest BCUT2D eigenvalue weighted by molar-refractivity contribution is -0.384. The van der Waals surface area contributed by atoms with Gasteiger partial charge in [0.2, 0.25) is 5.91 Å². The molecule has 9 nitrogen and oxygen atoms in total. The van der Waals surface area contributed by atoms with Crippen LogP contribution in [0.3, 0.4) is 0 Å². The topological polar surface area (TPSA) is 122 Å². The zero-order valence-electron chi connectivity index (χ0n) is 21.3. The summed E-state index contributed by atoms with van der Waals surface area (Å²) in [5, 5.41) is 17.6. The van der Waals surface area contributed by atoms with Crippen LogP contribution >= 0.6 is 0 Å². The van der Waals surface area contributed by atoms with Gasteiger partial charge in [-0.1, -0.05) is 49.4 Å². The summed E-state index contributed by atoms with van der Waals surface area (Å²) >= 11 is 0. The molecule has 0 saturated carbocycles. The van der Waals surface area contributed by atoms with Crippen molar-refractivity contribution in [3.05, 3.63) is 99.1 Å². The second kappa shape index (κ2) is 8.07. The number of anilines is 2. The van der Waals surface area contributed by atoms with Crippen LogP contribution in [-0.2, 0) is 27.0 Å². The molecule has 0 unspecified atom stereocenters. The van der Waals surface area contributed by atoms with E-state index in [9.17, 15) is 24.5 Å². The van der Waals surface area contributed by atoms with Gasteiger partial charge in [0.05, 0.1) is 10.8 Å². The summed E-state index contributed by atoms with van der Waals surface area (Å²) in [4.78, 5) is 56.6. The number of hydrogen-bond donors (Lipinski definition) is 2. The maximum Gasteiger partial charge on any atom is 0.270 e. The molecule has 2 N–H and O–H groups in total. The van der Waals surface area contributed by atoms with E-state index in [1.165, 1.54) is 18.2 Å². The maximum absolute atomic E-state index is 14.6. The van der Waals surface area contributed by atoms with Crippen molar-refractivity contribution in [2.75, 3.05) is 17.2 Å². The van der Waals surface area contributed by atoms with Gasteiger partial charge >= 0.3 is 0 Å². The Morgan fingerprint density at radius 2 is 1.77 bits per heavy atom. The van der Waals surface area contributed by atoms with Gasteiger partial charge in [-0.25, -0.2) is 0 Å². The molecule has 0 aromatic heterocycles. The second-order valence-electron chi connectivity index (χ2n) is 10.8. The first-order valence-corrected chi connectivity index (χ1v) is 13.3. The molecule has 196 valence electrons. The minimum Gasteiger partial charge on any atom is -0.325 e. The van der Waals surface area contributed by atoms with E-state index in [-0.39, 0.29) is 22.9 Å². The van der Waals surface area contributed by atoms with Crippen LogP contribution in [0.4, 0.5) is 17.1 Å². The normalized spacial score (nSPS) is 28.3. The number of rotatable bonds is 4. The third-order valence-corrected chi connectivity index (χ3v) is 9.19. The van der Waals surface area contributed by atoms with Crippen molar-refractivity contribution in [2.24, 2.45) is 5.92 Å². The van der Waals surface area contributed by atoms with E-state index in [0.717, 1.165) is 18.4 Å². The van der Waals surface area contributed by atoms with Crippen LogP contribution in [0, 0.1) is 16.0 Å². The molecule has 4 aliphatic rings. The van der Waals surface area contributed by atoms with Gasteiger partial charge < -0.3 is 10.6 Å². The first-order chi connectivity index (χ1) is 18.8. The zero-order chi connectivity index (χ0) is 27.1. The summed E-state index contributed by atoms with van der Waals surface area (Å²) in [6, 6.07) is 18.4. The molecule has 3 aromatic rings. The number of nitro groups is 1. The third kappa shape index (κ3) is 2.75. The summed E-state index contributed by atoms with van der Waals surface area (Å²) in [7, 11) is 0. The molecular formula is C30H26N4O5. The number of para-hydroxylation sites is 1. The number of fused-ring (bicyclic) bond motifs is 7. The standard InChI is InChI=1S/C30H26N4O5/c1-2-17-12-13-23-21(15-17)30(28(37)32-23)29(20-9-3-4-10-22(20)31-27(29)36)25(24-11-6-14-33(24)30)26(35)18-7-5-8-19(16-18)34(38)39/h3-5,7-10,12-13,15-16,24-25H,2,6,11,14H2,1H3,(H,31,36)(H,32,37)/t24-,25-,29+,30-/m1/s1. The molecule has 9 heteroatoms. The van der Waals surface area contributed by atoms with E-state index < -0.39 is 33.7 Å². The third-order valence-electron chi connectivity index (χ3n) is 9.19. The fourth-order valence-corrected chi connectivity index (χ4v) is 7.80. The van der Waals surface area contributed by atoms with E-state index in [1.54, 1.807) is 12.1 Å². The number of carbonyl (C=O) groups is 3. The number of amides is 2. The van der Waals surface area contributed by atoms with Crippen LogP contribution in [0.15, 0.2) is 66.7 Å². The molecule has 4 aliphatic heterocycles. The number of aryl methyl sites for hydroxylation is 1. The molecular weight excluding hydrogens is 496 g/mol. The Balaban J connectivity index is 1.57. The predicted octanol–water partition coefficient (Wildman–Crippen LogP) is 4.17. The fourth-order valence-electron chi connectivity index (χ4n) is 7.80. The average Bonchev–Trinajstić information content (AvgIpc) is 3.66. The molecule has 2 fully saturated rings. The summed E-state index contributed by atoms with van der Waals surface area (Å²) in [5.41, 5.74) is 0.503. The van der Waals surface area contributed by atoms with Crippen molar-refractivity contribution in [3.8, 4) is 0 Å². The van der Waals surface area contributed by atoms with E-state index in [1.807, 2.05) is 43.3 Å². The number of nitrogens with one attached hydrogen (secondary N) is 2. The van der Waals surface area contributed by atoms with E-state index in [2.05, 4.69) is 15.5 Å². The number of non-ortho nitro benzene ring substituents is 1. The average molecular weight is 523 g/mol. The van der Waals surface area contributed by atoms with Gasteiger partial charge in [-0.3, -0.25) is 29.4 Å². The molecule has 4 heterocycles. The Morgan fingerprint density at radius 3 is 2.56 bits per heavy atom. The molecule has 2 spiro atoms. The van der Waals surface area contributed by atoms with Crippen molar-refractivity contribution < 1.29 is 19.3 Å². The Morgan fingerprint density at radius 1 is 1.00 bits per heavy atom. The molecule has 2 saturated heterocycles. The highest BCUT2D eigenvalue weighted by atomic mass is 16.6. The van der Waals surface area contributed by atoms with Crippen molar-refractivity contribution in [2.45, 2.75) is 43.2 Å². The first kappa shape index (κ1) is 23.7. The van der Waals surface area contributed by atoms with Gasteiger partial charge in [-0.15, -0.1) is 0 Å². The number of ketones is 1.